The van der Waals surface area contributed by atoms with Crippen molar-refractivity contribution in [1.82, 2.24) is 4.98 Å². The number of hydrogen-bond acceptors (Lipinski definition) is 3. The molecule has 0 aliphatic rings. The molecular formula is C19H25N3O. The van der Waals surface area contributed by atoms with E-state index in [4.69, 9.17) is 0 Å². The van der Waals surface area contributed by atoms with Gasteiger partial charge in [0.15, 0.2) is 0 Å². The molecule has 2 N–H and O–H groups in total. The molecule has 2 rings (SSSR count). The van der Waals surface area contributed by atoms with Crippen LogP contribution in [0.4, 0.5) is 11.4 Å². The topological polar surface area (TPSA) is 54.0 Å². The highest BCUT2D eigenvalue weighted by Gasteiger charge is 2.12. The molecular weight excluding hydrogens is 286 g/mol. The number of benzene rings is 1. The van der Waals surface area contributed by atoms with Gasteiger partial charge in [-0.2, -0.15) is 0 Å². The number of hydrogen-bond donors (Lipinski definition) is 2. The van der Waals surface area contributed by atoms with Gasteiger partial charge in [0, 0.05) is 12.2 Å². The summed E-state index contributed by atoms with van der Waals surface area (Å²) in [6.45, 7) is 7.20. The summed E-state index contributed by atoms with van der Waals surface area (Å²) in [7, 11) is 0. The van der Waals surface area contributed by atoms with E-state index in [2.05, 4.69) is 48.5 Å². The minimum absolute atomic E-state index is 0.164. The summed E-state index contributed by atoms with van der Waals surface area (Å²) < 4.78 is 0. The fourth-order valence-corrected chi connectivity index (χ4v) is 2.48. The van der Waals surface area contributed by atoms with Gasteiger partial charge in [0.2, 0.25) is 0 Å². The maximum atomic E-state index is 12.5. The SMILES string of the molecule is CCCNc1ccc(C(=O)Nc2c(CC)cccc2CC)nc1. The lowest BCUT2D eigenvalue weighted by atomic mass is 10.0. The highest BCUT2D eigenvalue weighted by Crippen LogP contribution is 2.23. The highest BCUT2D eigenvalue weighted by molar-refractivity contribution is 6.03. The standard InChI is InChI=1S/C19H25N3O/c1-4-12-20-16-10-11-17(21-13-16)19(23)22-18-14(5-2)8-7-9-15(18)6-3/h7-11,13,20H,4-6,12H2,1-3H3,(H,22,23). The molecule has 0 bridgehead atoms. The van der Waals surface area contributed by atoms with Crippen LogP contribution in [0.15, 0.2) is 36.5 Å². The molecule has 1 aromatic carbocycles. The van der Waals surface area contributed by atoms with Crippen LogP contribution in [0.2, 0.25) is 0 Å². The van der Waals surface area contributed by atoms with Crippen LogP contribution in [0.1, 0.15) is 48.8 Å². The Hall–Kier alpha value is -2.36. The number of nitrogens with zero attached hydrogens (tertiary/aromatic N) is 1. The number of carbonyl (C=O) groups excluding carboxylic acids is 1. The van der Waals surface area contributed by atoms with E-state index in [1.54, 1.807) is 12.3 Å². The summed E-state index contributed by atoms with van der Waals surface area (Å²) in [5.41, 5.74) is 4.60. The van der Waals surface area contributed by atoms with Crippen molar-refractivity contribution >= 4 is 17.3 Å². The van der Waals surface area contributed by atoms with Gasteiger partial charge < -0.3 is 10.6 Å². The van der Waals surface area contributed by atoms with Gasteiger partial charge in [-0.05, 0) is 42.5 Å². The van der Waals surface area contributed by atoms with Crippen LogP contribution in [0.3, 0.4) is 0 Å². The molecule has 1 amide bonds. The van der Waals surface area contributed by atoms with Crippen molar-refractivity contribution in [3.8, 4) is 0 Å². The number of carbonyl (C=O) groups is 1. The smallest absolute Gasteiger partial charge is 0.274 e. The van der Waals surface area contributed by atoms with Gasteiger partial charge in [0.05, 0.1) is 11.9 Å². The molecule has 0 spiro atoms. The first kappa shape index (κ1) is 17.0. The molecule has 2 aromatic rings. The van der Waals surface area contributed by atoms with Gasteiger partial charge >= 0.3 is 0 Å². The predicted molar refractivity (Wildman–Crippen MR) is 96.2 cm³/mol. The zero-order valence-electron chi connectivity index (χ0n) is 14.1. The first-order chi connectivity index (χ1) is 11.2. The van der Waals surface area contributed by atoms with Crippen LogP contribution in [-0.4, -0.2) is 17.4 Å². The maximum Gasteiger partial charge on any atom is 0.274 e. The Morgan fingerprint density at radius 3 is 2.26 bits per heavy atom. The van der Waals surface area contributed by atoms with E-state index in [0.717, 1.165) is 48.3 Å². The Morgan fingerprint density at radius 2 is 1.74 bits per heavy atom. The van der Waals surface area contributed by atoms with Gasteiger partial charge in [-0.15, -0.1) is 0 Å². The van der Waals surface area contributed by atoms with E-state index in [-0.39, 0.29) is 5.91 Å². The minimum atomic E-state index is -0.164. The second-order valence-corrected chi connectivity index (χ2v) is 5.47. The third kappa shape index (κ3) is 4.31. The Kier molecular flexibility index (Phi) is 6.15. The number of anilines is 2. The molecule has 0 atom stereocenters. The number of aromatic nitrogens is 1. The largest absolute Gasteiger partial charge is 0.384 e. The monoisotopic (exact) mass is 311 g/mol. The molecule has 0 unspecified atom stereocenters. The molecule has 0 radical (unpaired) electrons. The van der Waals surface area contributed by atoms with Crippen LogP contribution < -0.4 is 10.6 Å². The van der Waals surface area contributed by atoms with E-state index in [1.165, 1.54) is 0 Å². The van der Waals surface area contributed by atoms with E-state index < -0.39 is 0 Å². The molecule has 4 nitrogen and oxygen atoms in total. The summed E-state index contributed by atoms with van der Waals surface area (Å²) in [5.74, 6) is -0.164. The molecule has 0 saturated heterocycles. The van der Waals surface area contributed by atoms with Crippen LogP contribution in [0.25, 0.3) is 0 Å². The van der Waals surface area contributed by atoms with E-state index >= 15 is 0 Å². The molecule has 0 aliphatic heterocycles. The summed E-state index contributed by atoms with van der Waals surface area (Å²) in [6, 6.07) is 9.80. The van der Waals surface area contributed by atoms with Gasteiger partial charge in [0.1, 0.15) is 5.69 Å². The van der Waals surface area contributed by atoms with Crippen LogP contribution in [0, 0.1) is 0 Å². The molecule has 23 heavy (non-hydrogen) atoms. The van der Waals surface area contributed by atoms with Crippen molar-refractivity contribution in [2.45, 2.75) is 40.0 Å². The Balaban J connectivity index is 2.16. The van der Waals surface area contributed by atoms with Crippen molar-refractivity contribution < 1.29 is 4.79 Å². The molecule has 122 valence electrons. The van der Waals surface area contributed by atoms with Crippen molar-refractivity contribution in [3.05, 3.63) is 53.3 Å². The Labute approximate surface area is 138 Å². The average Bonchev–Trinajstić information content (AvgIpc) is 2.60. The van der Waals surface area contributed by atoms with Gasteiger partial charge in [-0.25, -0.2) is 4.98 Å². The molecule has 0 aliphatic carbocycles. The maximum absolute atomic E-state index is 12.5. The number of pyridine rings is 1. The highest BCUT2D eigenvalue weighted by atomic mass is 16.1. The lowest BCUT2D eigenvalue weighted by Crippen LogP contribution is -2.16. The Bertz CT molecular complexity index is 628. The zero-order chi connectivity index (χ0) is 16.7. The second-order valence-electron chi connectivity index (χ2n) is 5.47. The third-order valence-electron chi connectivity index (χ3n) is 3.81. The third-order valence-corrected chi connectivity index (χ3v) is 3.81. The Morgan fingerprint density at radius 1 is 1.04 bits per heavy atom. The quantitative estimate of drug-likeness (QED) is 0.802. The van der Waals surface area contributed by atoms with E-state index in [0.29, 0.717) is 5.69 Å². The van der Waals surface area contributed by atoms with Crippen LogP contribution in [0.5, 0.6) is 0 Å². The van der Waals surface area contributed by atoms with Gasteiger partial charge in [0.25, 0.3) is 5.91 Å². The molecule has 1 heterocycles. The number of amides is 1. The molecule has 4 heteroatoms. The fourth-order valence-electron chi connectivity index (χ4n) is 2.48. The van der Waals surface area contributed by atoms with Crippen molar-refractivity contribution in [2.24, 2.45) is 0 Å². The lowest BCUT2D eigenvalue weighted by molar-refractivity contribution is 0.102. The van der Waals surface area contributed by atoms with Crippen molar-refractivity contribution in [2.75, 3.05) is 17.2 Å². The first-order valence-corrected chi connectivity index (χ1v) is 8.31. The summed E-state index contributed by atoms with van der Waals surface area (Å²) in [5, 5.41) is 6.29. The summed E-state index contributed by atoms with van der Waals surface area (Å²) >= 11 is 0. The minimum Gasteiger partial charge on any atom is -0.384 e. The molecule has 0 saturated carbocycles. The number of rotatable bonds is 7. The molecule has 1 aromatic heterocycles. The predicted octanol–water partition coefficient (Wildman–Crippen LogP) is 4.28. The average molecular weight is 311 g/mol. The van der Waals surface area contributed by atoms with Crippen molar-refractivity contribution in [3.63, 3.8) is 0 Å². The fraction of sp³-hybridized carbons (Fsp3) is 0.368. The first-order valence-electron chi connectivity index (χ1n) is 8.31. The number of para-hydroxylation sites is 1. The van der Waals surface area contributed by atoms with Crippen LogP contribution in [-0.2, 0) is 12.8 Å². The summed E-state index contributed by atoms with van der Waals surface area (Å²) in [6.07, 6.45) is 4.53. The lowest BCUT2D eigenvalue weighted by Gasteiger charge is -2.14. The number of aryl methyl sites for hydroxylation is 2. The van der Waals surface area contributed by atoms with E-state index in [1.807, 2.05) is 12.1 Å². The zero-order valence-corrected chi connectivity index (χ0v) is 14.1. The van der Waals surface area contributed by atoms with Gasteiger partial charge in [-0.3, -0.25) is 4.79 Å². The second kappa shape index (κ2) is 8.32. The molecule has 0 fully saturated rings. The van der Waals surface area contributed by atoms with Crippen molar-refractivity contribution in [1.29, 1.82) is 0 Å². The van der Waals surface area contributed by atoms with E-state index in [9.17, 15) is 4.79 Å². The number of nitrogens with one attached hydrogen (secondary N) is 2. The normalized spacial score (nSPS) is 10.4. The summed E-state index contributed by atoms with van der Waals surface area (Å²) in [4.78, 5) is 16.7. The van der Waals surface area contributed by atoms with Gasteiger partial charge in [-0.1, -0.05) is 39.0 Å². The van der Waals surface area contributed by atoms with Crippen LogP contribution >= 0.6 is 0 Å².